The summed E-state index contributed by atoms with van der Waals surface area (Å²) < 4.78 is 0. The smallest absolute Gasteiger partial charge is 0.0331 e. The lowest BCUT2D eigenvalue weighted by atomic mass is 9.87. The SMILES string of the molecule is [C]1=CC=CC2NC3CC=CC3C12. The summed E-state index contributed by atoms with van der Waals surface area (Å²) in [6.45, 7) is 0. The second-order valence-electron chi connectivity index (χ2n) is 3.78. The van der Waals surface area contributed by atoms with Gasteiger partial charge in [-0.05, 0) is 12.5 Å². The van der Waals surface area contributed by atoms with Crippen molar-refractivity contribution in [2.24, 2.45) is 11.8 Å². The molecule has 0 amide bonds. The number of hydrogen-bond donors (Lipinski definition) is 1. The highest BCUT2D eigenvalue weighted by Gasteiger charge is 2.40. The standard InChI is InChI=1S/C11H12N/c1-2-6-10-8(4-1)9-5-3-7-11(9)12-10/h1-3,5-6,8-12H,7H2. The molecule has 0 aromatic heterocycles. The second-order valence-corrected chi connectivity index (χ2v) is 3.78. The normalized spacial score (nSPS) is 48.0. The molecule has 0 bridgehead atoms. The van der Waals surface area contributed by atoms with Crippen LogP contribution in [0.4, 0.5) is 0 Å². The molecule has 1 saturated heterocycles. The van der Waals surface area contributed by atoms with E-state index in [1.165, 1.54) is 6.42 Å². The third-order valence-corrected chi connectivity index (χ3v) is 3.12. The predicted molar refractivity (Wildman–Crippen MR) is 48.4 cm³/mol. The molecule has 0 spiro atoms. The van der Waals surface area contributed by atoms with Gasteiger partial charge in [0.25, 0.3) is 0 Å². The summed E-state index contributed by atoms with van der Waals surface area (Å²) in [5, 5.41) is 3.62. The fraction of sp³-hybridized carbons (Fsp3) is 0.455. The van der Waals surface area contributed by atoms with Crippen LogP contribution in [0.3, 0.4) is 0 Å². The molecule has 1 N–H and O–H groups in total. The molecule has 12 heavy (non-hydrogen) atoms. The van der Waals surface area contributed by atoms with E-state index in [9.17, 15) is 0 Å². The lowest BCUT2D eigenvalue weighted by Crippen LogP contribution is -2.29. The van der Waals surface area contributed by atoms with E-state index >= 15 is 0 Å². The molecule has 0 aromatic rings. The van der Waals surface area contributed by atoms with Crippen molar-refractivity contribution in [3.63, 3.8) is 0 Å². The molecule has 1 heteroatoms. The minimum atomic E-state index is 0.551. The molecule has 1 aliphatic heterocycles. The highest BCUT2D eigenvalue weighted by atomic mass is 15.0. The predicted octanol–water partition coefficient (Wildman–Crippen LogP) is 1.45. The summed E-state index contributed by atoms with van der Waals surface area (Å²) in [6.07, 6.45) is 15.7. The molecular formula is C11H12N. The van der Waals surface area contributed by atoms with E-state index in [0.29, 0.717) is 23.9 Å². The van der Waals surface area contributed by atoms with E-state index in [-0.39, 0.29) is 0 Å². The van der Waals surface area contributed by atoms with Crippen molar-refractivity contribution < 1.29 is 0 Å². The van der Waals surface area contributed by atoms with E-state index in [4.69, 9.17) is 0 Å². The number of allylic oxidation sites excluding steroid dienone is 2. The average Bonchev–Trinajstić information content (AvgIpc) is 2.62. The molecule has 4 atom stereocenters. The van der Waals surface area contributed by atoms with Gasteiger partial charge in [-0.1, -0.05) is 30.4 Å². The van der Waals surface area contributed by atoms with E-state index in [1.807, 2.05) is 0 Å². The zero-order valence-electron chi connectivity index (χ0n) is 6.90. The first kappa shape index (κ1) is 6.67. The average molecular weight is 158 g/mol. The van der Waals surface area contributed by atoms with Gasteiger partial charge >= 0.3 is 0 Å². The Hall–Kier alpha value is -0.820. The molecule has 1 fully saturated rings. The van der Waals surface area contributed by atoms with Crippen LogP contribution in [0.15, 0.2) is 30.4 Å². The number of rotatable bonds is 0. The molecule has 3 aliphatic rings. The number of hydrogen-bond acceptors (Lipinski definition) is 1. The van der Waals surface area contributed by atoms with E-state index < -0.39 is 0 Å². The maximum atomic E-state index is 3.62. The molecule has 2 aliphatic carbocycles. The second kappa shape index (κ2) is 2.33. The third-order valence-electron chi connectivity index (χ3n) is 3.12. The molecule has 4 unspecified atom stereocenters. The van der Waals surface area contributed by atoms with Crippen molar-refractivity contribution in [2.75, 3.05) is 0 Å². The molecule has 1 radical (unpaired) electrons. The van der Waals surface area contributed by atoms with Gasteiger partial charge in [-0.2, -0.15) is 0 Å². The van der Waals surface area contributed by atoms with Crippen molar-refractivity contribution in [3.05, 3.63) is 36.5 Å². The minimum absolute atomic E-state index is 0.551. The molecule has 61 valence electrons. The van der Waals surface area contributed by atoms with Crippen LogP contribution >= 0.6 is 0 Å². The van der Waals surface area contributed by atoms with Crippen LogP contribution in [0, 0.1) is 17.9 Å². The Kier molecular flexibility index (Phi) is 1.30. The van der Waals surface area contributed by atoms with E-state index in [0.717, 1.165) is 0 Å². The van der Waals surface area contributed by atoms with Crippen LogP contribution < -0.4 is 5.32 Å². The topological polar surface area (TPSA) is 12.0 Å². The van der Waals surface area contributed by atoms with Crippen LogP contribution in [0.5, 0.6) is 0 Å². The van der Waals surface area contributed by atoms with Crippen LogP contribution in [-0.4, -0.2) is 12.1 Å². The monoisotopic (exact) mass is 158 g/mol. The maximum Gasteiger partial charge on any atom is 0.0331 e. The van der Waals surface area contributed by atoms with E-state index in [2.05, 4.69) is 41.8 Å². The lowest BCUT2D eigenvalue weighted by molar-refractivity contribution is 0.505. The summed E-state index contributed by atoms with van der Waals surface area (Å²) in [6, 6.07) is 1.23. The maximum absolute atomic E-state index is 3.62. The van der Waals surface area contributed by atoms with Gasteiger partial charge in [-0.3, -0.25) is 0 Å². The summed E-state index contributed by atoms with van der Waals surface area (Å²) in [5.41, 5.74) is 0. The number of nitrogens with one attached hydrogen (secondary N) is 1. The van der Waals surface area contributed by atoms with Gasteiger partial charge in [0.2, 0.25) is 0 Å². The van der Waals surface area contributed by atoms with Crippen molar-refractivity contribution in [1.82, 2.24) is 5.32 Å². The Bertz CT molecular complexity index is 275. The van der Waals surface area contributed by atoms with Crippen LogP contribution in [0.25, 0.3) is 0 Å². The fourth-order valence-electron chi connectivity index (χ4n) is 2.54. The Morgan fingerprint density at radius 2 is 2.33 bits per heavy atom. The van der Waals surface area contributed by atoms with Gasteiger partial charge in [-0.15, -0.1) is 0 Å². The van der Waals surface area contributed by atoms with Crippen LogP contribution in [0.2, 0.25) is 0 Å². The molecule has 0 saturated carbocycles. The van der Waals surface area contributed by atoms with Crippen LogP contribution in [-0.2, 0) is 0 Å². The Morgan fingerprint density at radius 1 is 1.33 bits per heavy atom. The van der Waals surface area contributed by atoms with Gasteiger partial charge < -0.3 is 5.32 Å². The van der Waals surface area contributed by atoms with Gasteiger partial charge in [0.15, 0.2) is 0 Å². The Labute approximate surface area is 72.9 Å². The molecule has 1 nitrogen and oxygen atoms in total. The van der Waals surface area contributed by atoms with Gasteiger partial charge in [0.05, 0.1) is 0 Å². The molecule has 1 heterocycles. The highest BCUT2D eigenvalue weighted by molar-refractivity contribution is 5.24. The van der Waals surface area contributed by atoms with Crippen molar-refractivity contribution >= 4 is 0 Å². The quantitative estimate of drug-likeness (QED) is 0.526. The Balaban J connectivity index is 1.94. The van der Waals surface area contributed by atoms with E-state index in [1.54, 1.807) is 0 Å². The summed E-state index contributed by atoms with van der Waals surface area (Å²) in [4.78, 5) is 0. The van der Waals surface area contributed by atoms with Crippen molar-refractivity contribution in [3.8, 4) is 0 Å². The first-order chi connectivity index (χ1) is 5.95. The zero-order valence-corrected chi connectivity index (χ0v) is 6.90. The molecule has 0 aromatic carbocycles. The zero-order chi connectivity index (χ0) is 7.97. The van der Waals surface area contributed by atoms with Gasteiger partial charge in [-0.25, -0.2) is 0 Å². The summed E-state index contributed by atoms with van der Waals surface area (Å²) in [7, 11) is 0. The number of fused-ring (bicyclic) bond motifs is 3. The van der Waals surface area contributed by atoms with Crippen molar-refractivity contribution in [2.45, 2.75) is 18.5 Å². The lowest BCUT2D eigenvalue weighted by Gasteiger charge is -2.16. The minimum Gasteiger partial charge on any atom is -0.306 e. The Morgan fingerprint density at radius 3 is 3.33 bits per heavy atom. The summed E-state index contributed by atoms with van der Waals surface area (Å²) >= 11 is 0. The highest BCUT2D eigenvalue weighted by Crippen LogP contribution is 2.36. The molecular weight excluding hydrogens is 146 g/mol. The van der Waals surface area contributed by atoms with Crippen LogP contribution in [0.1, 0.15) is 6.42 Å². The van der Waals surface area contributed by atoms with Gasteiger partial charge in [0, 0.05) is 23.9 Å². The van der Waals surface area contributed by atoms with Gasteiger partial charge in [0.1, 0.15) is 0 Å². The third kappa shape index (κ3) is 0.774. The first-order valence-electron chi connectivity index (χ1n) is 4.64. The van der Waals surface area contributed by atoms with Crippen molar-refractivity contribution in [1.29, 1.82) is 0 Å². The first-order valence-corrected chi connectivity index (χ1v) is 4.64. The largest absolute Gasteiger partial charge is 0.306 e. The summed E-state index contributed by atoms with van der Waals surface area (Å²) in [5.74, 6) is 1.30. The fourth-order valence-corrected chi connectivity index (χ4v) is 2.54. The molecule has 3 rings (SSSR count).